The van der Waals surface area contributed by atoms with Crippen LogP contribution in [0.5, 0.6) is 11.5 Å². The molecule has 25 heavy (non-hydrogen) atoms. The molecule has 0 saturated carbocycles. The lowest BCUT2D eigenvalue weighted by Gasteiger charge is -2.36. The molecule has 1 aliphatic rings. The number of rotatable bonds is 6. The van der Waals surface area contributed by atoms with E-state index in [0.717, 1.165) is 41.8 Å². The Morgan fingerprint density at radius 1 is 1.16 bits per heavy atom. The Balaban J connectivity index is 1.85. The summed E-state index contributed by atoms with van der Waals surface area (Å²) in [7, 11) is 3.30. The Morgan fingerprint density at radius 3 is 2.80 bits per heavy atom. The summed E-state index contributed by atoms with van der Waals surface area (Å²) in [6.45, 7) is 3.29. The van der Waals surface area contributed by atoms with E-state index in [0.29, 0.717) is 6.04 Å². The lowest BCUT2D eigenvalue weighted by molar-refractivity contribution is 0.405. The molecule has 2 heterocycles. The summed E-state index contributed by atoms with van der Waals surface area (Å²) in [4.78, 5) is 11.3. The number of hydrogen-bond acceptors (Lipinski definition) is 6. The topological polar surface area (TPSA) is 59.5 Å². The van der Waals surface area contributed by atoms with E-state index in [1.807, 2.05) is 24.3 Å². The molecule has 1 fully saturated rings. The summed E-state index contributed by atoms with van der Waals surface area (Å²) in [6.07, 6.45) is 6.49. The quantitative estimate of drug-likeness (QED) is 0.856. The van der Waals surface area contributed by atoms with E-state index >= 15 is 0 Å². The molecule has 2 aromatic rings. The van der Waals surface area contributed by atoms with Crippen LogP contribution >= 0.6 is 0 Å². The van der Waals surface area contributed by atoms with E-state index < -0.39 is 0 Å². The third-order valence-electron chi connectivity index (χ3n) is 4.71. The molecule has 1 N–H and O–H groups in total. The average Bonchev–Trinajstić information content (AvgIpc) is 2.68. The van der Waals surface area contributed by atoms with Gasteiger partial charge in [-0.15, -0.1) is 0 Å². The molecule has 1 aromatic carbocycles. The molecule has 0 spiro atoms. The van der Waals surface area contributed by atoms with Crippen LogP contribution in [0, 0.1) is 0 Å². The van der Waals surface area contributed by atoms with Crippen LogP contribution in [0.25, 0.3) is 0 Å². The van der Waals surface area contributed by atoms with Gasteiger partial charge in [0, 0.05) is 24.7 Å². The largest absolute Gasteiger partial charge is 0.497 e. The van der Waals surface area contributed by atoms with E-state index in [-0.39, 0.29) is 0 Å². The molecule has 134 valence electrons. The monoisotopic (exact) mass is 342 g/mol. The summed E-state index contributed by atoms with van der Waals surface area (Å²) in [5.74, 6) is 3.23. The molecule has 1 aromatic heterocycles. The number of nitrogens with one attached hydrogen (secondary N) is 1. The fourth-order valence-electron chi connectivity index (χ4n) is 3.35. The van der Waals surface area contributed by atoms with Crippen molar-refractivity contribution in [2.75, 3.05) is 31.0 Å². The minimum absolute atomic E-state index is 0.558. The molecular weight excluding hydrogens is 316 g/mol. The lowest BCUT2D eigenvalue weighted by Crippen LogP contribution is -2.39. The summed E-state index contributed by atoms with van der Waals surface area (Å²) in [6, 6.07) is 8.21. The smallest absolute Gasteiger partial charge is 0.142 e. The molecule has 0 aliphatic carbocycles. The molecule has 1 atom stereocenters. The number of piperidine rings is 1. The number of ether oxygens (including phenoxy) is 2. The molecule has 1 unspecified atom stereocenters. The lowest BCUT2D eigenvalue weighted by atomic mass is 10.0. The number of methoxy groups -OCH3 is 2. The number of hydrogen-bond donors (Lipinski definition) is 1. The van der Waals surface area contributed by atoms with E-state index in [9.17, 15) is 0 Å². The van der Waals surface area contributed by atoms with Gasteiger partial charge in [-0.3, -0.25) is 0 Å². The maximum atomic E-state index is 5.43. The van der Waals surface area contributed by atoms with Crippen LogP contribution in [0.15, 0.2) is 30.6 Å². The first-order chi connectivity index (χ1) is 12.2. The number of anilines is 3. The molecule has 1 aliphatic heterocycles. The summed E-state index contributed by atoms with van der Waals surface area (Å²) < 4.78 is 10.7. The Labute approximate surface area is 149 Å². The van der Waals surface area contributed by atoms with E-state index in [1.165, 1.54) is 19.3 Å². The van der Waals surface area contributed by atoms with Crippen molar-refractivity contribution in [2.24, 2.45) is 0 Å². The zero-order valence-electron chi connectivity index (χ0n) is 15.2. The van der Waals surface area contributed by atoms with Crippen molar-refractivity contribution in [3.8, 4) is 11.5 Å². The average molecular weight is 342 g/mol. The molecule has 3 rings (SSSR count). The molecular formula is C19H26N4O2. The minimum atomic E-state index is 0.558. The molecule has 1 saturated heterocycles. The number of nitrogens with zero attached hydrogens (tertiary/aromatic N) is 3. The van der Waals surface area contributed by atoms with Gasteiger partial charge in [-0.2, -0.15) is 0 Å². The van der Waals surface area contributed by atoms with Crippen LogP contribution in [0.4, 0.5) is 17.3 Å². The third kappa shape index (κ3) is 3.95. The maximum Gasteiger partial charge on any atom is 0.142 e. The first-order valence-electron chi connectivity index (χ1n) is 8.83. The number of aromatic nitrogens is 2. The molecule has 0 radical (unpaired) electrons. The fraction of sp³-hybridized carbons (Fsp3) is 0.474. The van der Waals surface area contributed by atoms with Gasteiger partial charge >= 0.3 is 0 Å². The molecule has 0 bridgehead atoms. The van der Waals surface area contributed by atoms with Crippen LogP contribution in [0.1, 0.15) is 32.6 Å². The highest BCUT2D eigenvalue weighted by atomic mass is 16.5. The van der Waals surface area contributed by atoms with E-state index in [4.69, 9.17) is 9.47 Å². The van der Waals surface area contributed by atoms with Crippen molar-refractivity contribution >= 4 is 17.3 Å². The highest BCUT2D eigenvalue weighted by Gasteiger charge is 2.22. The van der Waals surface area contributed by atoms with Crippen molar-refractivity contribution in [1.29, 1.82) is 0 Å². The van der Waals surface area contributed by atoms with Gasteiger partial charge in [0.05, 0.1) is 19.9 Å². The van der Waals surface area contributed by atoms with Gasteiger partial charge in [0.2, 0.25) is 0 Å². The van der Waals surface area contributed by atoms with Crippen LogP contribution < -0.4 is 19.7 Å². The van der Waals surface area contributed by atoms with E-state index in [1.54, 1.807) is 20.5 Å². The second kappa shape index (κ2) is 8.05. The van der Waals surface area contributed by atoms with Gasteiger partial charge in [-0.05, 0) is 37.8 Å². The van der Waals surface area contributed by atoms with Crippen molar-refractivity contribution in [1.82, 2.24) is 9.97 Å². The zero-order valence-corrected chi connectivity index (χ0v) is 15.2. The van der Waals surface area contributed by atoms with Crippen molar-refractivity contribution in [2.45, 2.75) is 38.6 Å². The van der Waals surface area contributed by atoms with Crippen LogP contribution in [-0.4, -0.2) is 36.8 Å². The second-order valence-corrected chi connectivity index (χ2v) is 6.20. The molecule has 6 nitrogen and oxygen atoms in total. The van der Waals surface area contributed by atoms with Gasteiger partial charge in [-0.25, -0.2) is 9.97 Å². The Hall–Kier alpha value is -2.50. The van der Waals surface area contributed by atoms with Gasteiger partial charge in [0.1, 0.15) is 29.5 Å². The Morgan fingerprint density at radius 2 is 2.04 bits per heavy atom. The van der Waals surface area contributed by atoms with Gasteiger partial charge < -0.3 is 19.7 Å². The standard InChI is InChI=1S/C19H26N4O2/c1-4-14-7-5-6-10-23(14)19-12-18(20-13-21-19)22-16-11-15(24-2)8-9-17(16)25-3/h8-9,11-14H,4-7,10H2,1-3H3,(H,20,21,22). The SMILES string of the molecule is CCC1CCCCN1c1cc(Nc2cc(OC)ccc2OC)ncn1. The second-order valence-electron chi connectivity index (χ2n) is 6.20. The highest BCUT2D eigenvalue weighted by molar-refractivity contribution is 5.67. The van der Waals surface area contributed by atoms with Gasteiger partial charge in [0.15, 0.2) is 0 Å². The predicted molar refractivity (Wildman–Crippen MR) is 100 cm³/mol. The number of benzene rings is 1. The van der Waals surface area contributed by atoms with Gasteiger partial charge in [0.25, 0.3) is 0 Å². The van der Waals surface area contributed by atoms with Crippen molar-refractivity contribution < 1.29 is 9.47 Å². The van der Waals surface area contributed by atoms with Crippen LogP contribution in [0.2, 0.25) is 0 Å². The van der Waals surface area contributed by atoms with Crippen LogP contribution in [-0.2, 0) is 0 Å². The normalized spacial score (nSPS) is 17.2. The van der Waals surface area contributed by atoms with Crippen molar-refractivity contribution in [3.63, 3.8) is 0 Å². The van der Waals surface area contributed by atoms with Crippen LogP contribution in [0.3, 0.4) is 0 Å². The fourth-order valence-corrected chi connectivity index (χ4v) is 3.35. The highest BCUT2D eigenvalue weighted by Crippen LogP contribution is 2.32. The summed E-state index contributed by atoms with van der Waals surface area (Å²) >= 11 is 0. The zero-order chi connectivity index (χ0) is 17.6. The van der Waals surface area contributed by atoms with Crippen molar-refractivity contribution in [3.05, 3.63) is 30.6 Å². The first-order valence-corrected chi connectivity index (χ1v) is 8.83. The Bertz CT molecular complexity index is 708. The van der Waals surface area contributed by atoms with Gasteiger partial charge in [-0.1, -0.05) is 6.92 Å². The first kappa shape index (κ1) is 17.3. The predicted octanol–water partition coefficient (Wildman–Crippen LogP) is 4.01. The summed E-state index contributed by atoms with van der Waals surface area (Å²) in [5.41, 5.74) is 0.817. The minimum Gasteiger partial charge on any atom is -0.497 e. The van der Waals surface area contributed by atoms with E-state index in [2.05, 4.69) is 27.1 Å². The Kier molecular flexibility index (Phi) is 5.58. The maximum absolute atomic E-state index is 5.43. The summed E-state index contributed by atoms with van der Waals surface area (Å²) in [5, 5.41) is 3.33. The third-order valence-corrected chi connectivity index (χ3v) is 4.71. The molecule has 6 heteroatoms. The molecule has 0 amide bonds.